The zero-order valence-corrected chi connectivity index (χ0v) is 7.87. The molecule has 1 rings (SSSR count). The fraction of sp³-hybridized carbons (Fsp3) is 0.556. The van der Waals surface area contributed by atoms with Crippen molar-refractivity contribution in [2.24, 2.45) is 0 Å². The van der Waals surface area contributed by atoms with Crippen LogP contribution in [0, 0.1) is 0 Å². The summed E-state index contributed by atoms with van der Waals surface area (Å²) < 4.78 is 9.80. The van der Waals surface area contributed by atoms with E-state index in [1.807, 2.05) is 0 Å². The maximum atomic E-state index is 11.4. The van der Waals surface area contributed by atoms with Gasteiger partial charge in [-0.2, -0.15) is 0 Å². The van der Waals surface area contributed by atoms with Crippen LogP contribution in [0.15, 0.2) is 11.6 Å². The van der Waals surface area contributed by atoms with Crippen molar-refractivity contribution < 1.29 is 19.1 Å². The number of carbonyl (C=O) groups is 2. The van der Waals surface area contributed by atoms with Gasteiger partial charge in [-0.15, -0.1) is 0 Å². The number of hydrogen-bond donors (Lipinski definition) is 0. The van der Waals surface area contributed by atoms with Crippen LogP contribution in [0.2, 0.25) is 0 Å². The number of methoxy groups -OCH3 is 2. The summed E-state index contributed by atoms with van der Waals surface area (Å²) in [5.41, 5.74) is 0.421. The topological polar surface area (TPSA) is 52.6 Å². The Morgan fingerprint density at radius 2 is 1.69 bits per heavy atom. The molecule has 0 amide bonds. The zero-order chi connectivity index (χ0) is 10.0. The zero-order valence-electron chi connectivity index (χ0n) is 7.87. The Bertz CT molecular complexity index is 267. The number of ether oxygens (including phenoxy) is 2. The molecule has 13 heavy (non-hydrogen) atoms. The lowest BCUT2D eigenvalue weighted by Crippen LogP contribution is -2.45. The molecule has 0 spiro atoms. The lowest BCUT2D eigenvalue weighted by atomic mass is 9.93. The predicted molar refractivity (Wildman–Crippen MR) is 45.4 cm³/mol. The number of Topliss-reactive ketones (excluding diaryl/α,β-unsaturated/α-hetero) is 1. The summed E-state index contributed by atoms with van der Waals surface area (Å²) in [5.74, 6) is -0.402. The third kappa shape index (κ3) is 1.68. The second-order valence-corrected chi connectivity index (χ2v) is 2.91. The molecule has 0 N–H and O–H groups in total. The van der Waals surface area contributed by atoms with E-state index in [2.05, 4.69) is 0 Å². The Morgan fingerprint density at radius 1 is 1.15 bits per heavy atom. The van der Waals surface area contributed by atoms with Crippen LogP contribution in [0.3, 0.4) is 0 Å². The van der Waals surface area contributed by atoms with Gasteiger partial charge in [0.2, 0.25) is 0 Å². The van der Waals surface area contributed by atoms with Gasteiger partial charge in [-0.25, -0.2) is 0 Å². The molecule has 0 heterocycles. The molecule has 0 saturated carbocycles. The van der Waals surface area contributed by atoms with Crippen LogP contribution in [0.4, 0.5) is 0 Å². The molecule has 0 fully saturated rings. The van der Waals surface area contributed by atoms with Gasteiger partial charge in [-0.1, -0.05) is 0 Å². The molecule has 2 atom stereocenters. The van der Waals surface area contributed by atoms with Crippen molar-refractivity contribution in [3.05, 3.63) is 11.6 Å². The minimum Gasteiger partial charge on any atom is -0.370 e. The van der Waals surface area contributed by atoms with Crippen molar-refractivity contribution in [2.45, 2.75) is 19.1 Å². The van der Waals surface area contributed by atoms with E-state index >= 15 is 0 Å². The van der Waals surface area contributed by atoms with E-state index in [9.17, 15) is 9.59 Å². The number of rotatable bonds is 2. The lowest BCUT2D eigenvalue weighted by molar-refractivity contribution is -0.145. The fourth-order valence-electron chi connectivity index (χ4n) is 1.35. The summed E-state index contributed by atoms with van der Waals surface area (Å²) in [4.78, 5) is 22.8. The highest BCUT2D eigenvalue weighted by molar-refractivity contribution is 6.12. The second-order valence-electron chi connectivity index (χ2n) is 2.91. The molecular weight excluding hydrogens is 172 g/mol. The highest BCUT2D eigenvalue weighted by atomic mass is 16.5. The number of ketones is 2. The molecule has 0 aromatic heterocycles. The molecular formula is C9H12O4. The lowest BCUT2D eigenvalue weighted by Gasteiger charge is -2.25. The van der Waals surface area contributed by atoms with Crippen molar-refractivity contribution in [1.82, 2.24) is 0 Å². The van der Waals surface area contributed by atoms with Crippen molar-refractivity contribution in [3.8, 4) is 0 Å². The third-order valence-electron chi connectivity index (χ3n) is 2.07. The van der Waals surface area contributed by atoms with Crippen LogP contribution in [0.5, 0.6) is 0 Å². The SMILES string of the molecule is COC1C(=O)C=C(C)C(=O)C1OC. The first-order chi connectivity index (χ1) is 6.11. The Hall–Kier alpha value is -1.00. The monoisotopic (exact) mass is 184 g/mol. The Balaban J connectivity index is 3.00. The third-order valence-corrected chi connectivity index (χ3v) is 2.07. The minimum atomic E-state index is -0.791. The van der Waals surface area contributed by atoms with E-state index in [0.29, 0.717) is 5.57 Å². The molecule has 72 valence electrons. The normalized spacial score (nSPS) is 29.0. The van der Waals surface area contributed by atoms with Gasteiger partial charge >= 0.3 is 0 Å². The van der Waals surface area contributed by atoms with Gasteiger partial charge in [0.15, 0.2) is 23.8 Å². The van der Waals surface area contributed by atoms with E-state index in [-0.39, 0.29) is 11.6 Å². The van der Waals surface area contributed by atoms with E-state index in [1.165, 1.54) is 20.3 Å². The average molecular weight is 184 g/mol. The van der Waals surface area contributed by atoms with Gasteiger partial charge in [-0.05, 0) is 18.6 Å². The molecule has 1 aliphatic rings. The van der Waals surface area contributed by atoms with Crippen molar-refractivity contribution in [2.75, 3.05) is 14.2 Å². The molecule has 4 heteroatoms. The van der Waals surface area contributed by atoms with Crippen molar-refractivity contribution in [3.63, 3.8) is 0 Å². The molecule has 4 nitrogen and oxygen atoms in total. The van der Waals surface area contributed by atoms with Gasteiger partial charge in [-0.3, -0.25) is 9.59 Å². The van der Waals surface area contributed by atoms with Crippen LogP contribution < -0.4 is 0 Å². The molecule has 0 saturated heterocycles. The summed E-state index contributed by atoms with van der Waals surface area (Å²) in [5, 5.41) is 0. The van der Waals surface area contributed by atoms with E-state index in [1.54, 1.807) is 6.92 Å². The first-order valence-corrected chi connectivity index (χ1v) is 3.93. The van der Waals surface area contributed by atoms with Gasteiger partial charge < -0.3 is 9.47 Å². The number of hydrogen-bond acceptors (Lipinski definition) is 4. The van der Waals surface area contributed by atoms with Gasteiger partial charge in [0.1, 0.15) is 0 Å². The van der Waals surface area contributed by atoms with Crippen LogP contribution in [-0.4, -0.2) is 38.0 Å². The molecule has 2 unspecified atom stereocenters. The Morgan fingerprint density at radius 3 is 2.15 bits per heavy atom. The molecule has 0 aromatic rings. The summed E-state index contributed by atoms with van der Waals surface area (Å²) in [6.45, 7) is 1.60. The molecule has 0 radical (unpaired) electrons. The molecule has 0 aromatic carbocycles. The van der Waals surface area contributed by atoms with E-state index in [0.717, 1.165) is 0 Å². The first kappa shape index (κ1) is 10.1. The fourth-order valence-corrected chi connectivity index (χ4v) is 1.35. The summed E-state index contributed by atoms with van der Waals surface area (Å²) >= 11 is 0. The Labute approximate surface area is 76.5 Å². The summed E-state index contributed by atoms with van der Waals surface area (Å²) in [6, 6.07) is 0. The second kappa shape index (κ2) is 3.81. The molecule has 1 aliphatic carbocycles. The van der Waals surface area contributed by atoms with Gasteiger partial charge in [0.25, 0.3) is 0 Å². The van der Waals surface area contributed by atoms with Crippen LogP contribution in [0.1, 0.15) is 6.92 Å². The van der Waals surface area contributed by atoms with Gasteiger partial charge in [0.05, 0.1) is 0 Å². The first-order valence-electron chi connectivity index (χ1n) is 3.93. The van der Waals surface area contributed by atoms with Gasteiger partial charge in [0, 0.05) is 14.2 Å². The van der Waals surface area contributed by atoms with E-state index < -0.39 is 12.2 Å². The maximum absolute atomic E-state index is 11.4. The summed E-state index contributed by atoms with van der Waals surface area (Å²) in [6.07, 6.45) is -0.282. The summed E-state index contributed by atoms with van der Waals surface area (Å²) in [7, 11) is 2.77. The Kier molecular flexibility index (Phi) is 2.95. The van der Waals surface area contributed by atoms with Crippen LogP contribution >= 0.6 is 0 Å². The van der Waals surface area contributed by atoms with Crippen molar-refractivity contribution >= 4 is 11.6 Å². The van der Waals surface area contributed by atoms with Crippen LogP contribution in [-0.2, 0) is 19.1 Å². The number of carbonyl (C=O) groups excluding carboxylic acids is 2. The van der Waals surface area contributed by atoms with E-state index in [4.69, 9.17) is 9.47 Å². The predicted octanol–water partition coefficient (Wildman–Crippen LogP) is 0.115. The largest absolute Gasteiger partial charge is 0.370 e. The molecule has 0 aliphatic heterocycles. The maximum Gasteiger partial charge on any atom is 0.190 e. The standard InChI is InChI=1S/C9H12O4/c1-5-4-6(10)8(12-2)9(13-3)7(5)11/h4,8-9H,1-3H3. The highest BCUT2D eigenvalue weighted by Gasteiger charge is 2.37. The molecule has 0 bridgehead atoms. The quantitative estimate of drug-likeness (QED) is 0.611. The highest BCUT2D eigenvalue weighted by Crippen LogP contribution is 2.17. The average Bonchev–Trinajstić information content (AvgIpc) is 2.10. The minimum absolute atomic E-state index is 0.186. The van der Waals surface area contributed by atoms with Crippen LogP contribution in [0.25, 0.3) is 0 Å². The smallest absolute Gasteiger partial charge is 0.190 e. The van der Waals surface area contributed by atoms with Crippen molar-refractivity contribution in [1.29, 1.82) is 0 Å².